The number of hydrogen-bond acceptors (Lipinski definition) is 6. The number of rotatable bonds is 7. The third-order valence-electron chi connectivity index (χ3n) is 4.13. The monoisotopic (exact) mass is 413 g/mol. The first-order valence-corrected chi connectivity index (χ1v) is 9.51. The Labute approximate surface area is 173 Å². The van der Waals surface area contributed by atoms with Gasteiger partial charge in [0.05, 0.1) is 6.42 Å². The largest absolute Gasteiger partial charge is 0.486 e. The Morgan fingerprint density at radius 1 is 0.967 bits per heavy atom. The SMILES string of the molecule is C[C@@H](OC(=O)CCNC(=O)Nc1ccccc1)C(=O)Nc1ccc2c(c1)OCCO2. The normalized spacial score (nSPS) is 13.0. The number of hydrogen-bond donors (Lipinski definition) is 3. The van der Waals surface area contributed by atoms with E-state index in [0.29, 0.717) is 36.1 Å². The van der Waals surface area contributed by atoms with E-state index in [0.717, 1.165) is 0 Å². The van der Waals surface area contributed by atoms with Crippen LogP contribution in [0.15, 0.2) is 48.5 Å². The maximum absolute atomic E-state index is 12.3. The highest BCUT2D eigenvalue weighted by Gasteiger charge is 2.19. The van der Waals surface area contributed by atoms with Crippen LogP contribution in [0, 0.1) is 0 Å². The fourth-order valence-corrected chi connectivity index (χ4v) is 2.65. The van der Waals surface area contributed by atoms with Crippen LogP contribution >= 0.6 is 0 Å². The summed E-state index contributed by atoms with van der Waals surface area (Å²) in [6.45, 7) is 2.47. The second kappa shape index (κ2) is 10.1. The fraction of sp³-hybridized carbons (Fsp3) is 0.286. The van der Waals surface area contributed by atoms with E-state index in [4.69, 9.17) is 14.2 Å². The maximum atomic E-state index is 12.3. The van der Waals surface area contributed by atoms with Gasteiger partial charge in [0, 0.05) is 24.0 Å². The summed E-state index contributed by atoms with van der Waals surface area (Å²) < 4.78 is 16.0. The van der Waals surface area contributed by atoms with E-state index in [9.17, 15) is 14.4 Å². The summed E-state index contributed by atoms with van der Waals surface area (Å²) in [7, 11) is 0. The van der Waals surface area contributed by atoms with Crippen molar-refractivity contribution in [2.24, 2.45) is 0 Å². The average Bonchev–Trinajstić information content (AvgIpc) is 2.74. The molecule has 30 heavy (non-hydrogen) atoms. The zero-order valence-electron chi connectivity index (χ0n) is 16.5. The molecule has 0 saturated carbocycles. The summed E-state index contributed by atoms with van der Waals surface area (Å²) >= 11 is 0. The van der Waals surface area contributed by atoms with Gasteiger partial charge in [-0.15, -0.1) is 0 Å². The molecule has 0 aliphatic carbocycles. The Kier molecular flexibility index (Phi) is 7.09. The van der Waals surface area contributed by atoms with Gasteiger partial charge in [-0.25, -0.2) is 4.79 Å². The van der Waals surface area contributed by atoms with Gasteiger partial charge < -0.3 is 30.2 Å². The lowest BCUT2D eigenvalue weighted by atomic mass is 10.2. The highest BCUT2D eigenvalue weighted by Crippen LogP contribution is 2.32. The lowest BCUT2D eigenvalue weighted by molar-refractivity contribution is -0.153. The Bertz CT molecular complexity index is 903. The van der Waals surface area contributed by atoms with E-state index in [1.165, 1.54) is 6.92 Å². The number of anilines is 2. The minimum Gasteiger partial charge on any atom is -0.486 e. The minimum atomic E-state index is -0.996. The molecule has 1 aliphatic rings. The topological polar surface area (TPSA) is 115 Å². The van der Waals surface area contributed by atoms with Gasteiger partial charge in [0.2, 0.25) is 0 Å². The third-order valence-corrected chi connectivity index (χ3v) is 4.13. The first-order valence-electron chi connectivity index (χ1n) is 9.51. The second-order valence-electron chi connectivity index (χ2n) is 6.48. The number of amides is 3. The van der Waals surface area contributed by atoms with Crippen molar-refractivity contribution in [2.75, 3.05) is 30.4 Å². The van der Waals surface area contributed by atoms with Crippen LogP contribution < -0.4 is 25.4 Å². The molecule has 3 N–H and O–H groups in total. The highest BCUT2D eigenvalue weighted by molar-refractivity contribution is 5.95. The molecule has 2 aromatic carbocycles. The van der Waals surface area contributed by atoms with Crippen molar-refractivity contribution in [1.82, 2.24) is 5.32 Å². The molecule has 9 nitrogen and oxygen atoms in total. The lowest BCUT2D eigenvalue weighted by Crippen LogP contribution is -2.33. The van der Waals surface area contributed by atoms with Gasteiger partial charge >= 0.3 is 12.0 Å². The van der Waals surface area contributed by atoms with Crippen molar-refractivity contribution in [2.45, 2.75) is 19.4 Å². The predicted octanol–water partition coefficient (Wildman–Crippen LogP) is 2.54. The molecule has 158 valence electrons. The number of urea groups is 1. The number of carbonyl (C=O) groups is 3. The van der Waals surface area contributed by atoms with Crippen LogP contribution in [0.1, 0.15) is 13.3 Å². The summed E-state index contributed by atoms with van der Waals surface area (Å²) in [6, 6.07) is 13.5. The molecule has 0 bridgehead atoms. The summed E-state index contributed by atoms with van der Waals surface area (Å²) in [4.78, 5) is 36.0. The van der Waals surface area contributed by atoms with Crippen LogP contribution in [0.25, 0.3) is 0 Å². The van der Waals surface area contributed by atoms with Crippen molar-refractivity contribution in [3.05, 3.63) is 48.5 Å². The van der Waals surface area contributed by atoms with E-state index in [1.807, 2.05) is 6.07 Å². The van der Waals surface area contributed by atoms with E-state index >= 15 is 0 Å². The molecule has 1 heterocycles. The lowest BCUT2D eigenvalue weighted by Gasteiger charge is -2.19. The second-order valence-corrected chi connectivity index (χ2v) is 6.48. The Morgan fingerprint density at radius 3 is 2.47 bits per heavy atom. The van der Waals surface area contributed by atoms with Crippen molar-refractivity contribution >= 4 is 29.3 Å². The molecule has 3 amide bonds. The first-order chi connectivity index (χ1) is 14.5. The van der Waals surface area contributed by atoms with Gasteiger partial charge in [0.1, 0.15) is 13.2 Å². The average molecular weight is 413 g/mol. The molecule has 3 rings (SSSR count). The Morgan fingerprint density at radius 2 is 1.70 bits per heavy atom. The van der Waals surface area contributed by atoms with Crippen LogP contribution in [0.5, 0.6) is 11.5 Å². The van der Waals surface area contributed by atoms with Crippen molar-refractivity contribution in [3.8, 4) is 11.5 Å². The number of esters is 1. The standard InChI is InChI=1S/C21H23N3O6/c1-14(20(26)23-16-7-8-17-18(13-16)29-12-11-28-17)30-19(25)9-10-22-21(27)24-15-5-3-2-4-6-15/h2-8,13-14H,9-12H2,1H3,(H,23,26)(H2,22,24,27)/t14-/m1/s1. The van der Waals surface area contributed by atoms with Crippen LogP contribution in [0.3, 0.4) is 0 Å². The summed E-state index contributed by atoms with van der Waals surface area (Å²) in [5, 5.41) is 7.86. The Balaban J connectivity index is 1.38. The zero-order valence-corrected chi connectivity index (χ0v) is 16.5. The van der Waals surface area contributed by atoms with Crippen molar-refractivity contribution in [1.29, 1.82) is 0 Å². The van der Waals surface area contributed by atoms with Gasteiger partial charge in [-0.05, 0) is 31.2 Å². The number of fused-ring (bicyclic) bond motifs is 1. The van der Waals surface area contributed by atoms with Gasteiger partial charge in [-0.2, -0.15) is 0 Å². The summed E-state index contributed by atoms with van der Waals surface area (Å²) in [5.41, 5.74) is 1.15. The number of para-hydroxylation sites is 1. The summed E-state index contributed by atoms with van der Waals surface area (Å²) in [5.74, 6) is 0.0840. The van der Waals surface area contributed by atoms with Gasteiger partial charge in [-0.3, -0.25) is 9.59 Å². The minimum absolute atomic E-state index is 0.0656. The molecule has 0 saturated heterocycles. The molecular formula is C21H23N3O6. The van der Waals surface area contributed by atoms with Crippen LogP contribution in [-0.2, 0) is 14.3 Å². The zero-order chi connectivity index (χ0) is 21.3. The van der Waals surface area contributed by atoms with E-state index in [1.54, 1.807) is 42.5 Å². The van der Waals surface area contributed by atoms with Gasteiger partial charge in [0.25, 0.3) is 5.91 Å². The highest BCUT2D eigenvalue weighted by atomic mass is 16.6. The Hall–Kier alpha value is -3.75. The van der Waals surface area contributed by atoms with E-state index in [2.05, 4.69) is 16.0 Å². The molecule has 0 aromatic heterocycles. The number of nitrogens with one attached hydrogen (secondary N) is 3. The first kappa shape index (κ1) is 21.0. The number of ether oxygens (including phenoxy) is 3. The number of benzene rings is 2. The third kappa shape index (κ3) is 6.13. The fourth-order valence-electron chi connectivity index (χ4n) is 2.65. The molecule has 0 spiro atoms. The molecule has 1 aliphatic heterocycles. The van der Waals surface area contributed by atoms with E-state index in [-0.39, 0.29) is 13.0 Å². The molecule has 1 atom stereocenters. The molecule has 0 unspecified atom stereocenters. The van der Waals surface area contributed by atoms with Crippen LogP contribution in [0.2, 0.25) is 0 Å². The van der Waals surface area contributed by atoms with E-state index < -0.39 is 24.0 Å². The van der Waals surface area contributed by atoms with Crippen molar-refractivity contribution < 1.29 is 28.6 Å². The molecule has 0 radical (unpaired) electrons. The van der Waals surface area contributed by atoms with Gasteiger partial charge in [-0.1, -0.05) is 18.2 Å². The van der Waals surface area contributed by atoms with Crippen LogP contribution in [0.4, 0.5) is 16.2 Å². The number of carbonyl (C=O) groups excluding carboxylic acids is 3. The predicted molar refractivity (Wildman–Crippen MR) is 110 cm³/mol. The molecule has 0 fully saturated rings. The van der Waals surface area contributed by atoms with Gasteiger partial charge in [0.15, 0.2) is 17.6 Å². The quantitative estimate of drug-likeness (QED) is 0.601. The molecule has 2 aromatic rings. The smallest absolute Gasteiger partial charge is 0.319 e. The summed E-state index contributed by atoms with van der Waals surface area (Å²) in [6.07, 6.45) is -1.06. The van der Waals surface area contributed by atoms with Crippen LogP contribution in [-0.4, -0.2) is 43.8 Å². The molecular weight excluding hydrogens is 390 g/mol. The maximum Gasteiger partial charge on any atom is 0.319 e. The molecule has 9 heteroatoms. The van der Waals surface area contributed by atoms with Crippen molar-refractivity contribution in [3.63, 3.8) is 0 Å².